The fourth-order valence-corrected chi connectivity index (χ4v) is 2.72. The Kier molecular flexibility index (Phi) is 5.62. The molecule has 0 aromatic carbocycles. The molecule has 0 radical (unpaired) electrons. The Labute approximate surface area is 94.5 Å². The van der Waals surface area contributed by atoms with Crippen molar-refractivity contribution in [2.75, 3.05) is 0 Å². The normalized spacial score (nSPS) is 31.2. The standard InChI is InChI=1S/C13H27NO/c1-4-12-5-7-13(8-6-12)14-10(2)9-11(3)15/h10-15H,4-9H2,1-3H3. The molecule has 0 bridgehead atoms. The second-order valence-corrected chi connectivity index (χ2v) is 5.28. The van der Waals surface area contributed by atoms with E-state index in [1.165, 1.54) is 32.1 Å². The summed E-state index contributed by atoms with van der Waals surface area (Å²) in [4.78, 5) is 0. The Hall–Kier alpha value is -0.0800. The van der Waals surface area contributed by atoms with Gasteiger partial charge in [-0.15, -0.1) is 0 Å². The zero-order valence-electron chi connectivity index (χ0n) is 10.5. The lowest BCUT2D eigenvalue weighted by Crippen LogP contribution is -2.40. The molecule has 0 spiro atoms. The molecule has 2 atom stereocenters. The van der Waals surface area contributed by atoms with Crippen LogP contribution in [0, 0.1) is 5.92 Å². The van der Waals surface area contributed by atoms with Gasteiger partial charge in [0.1, 0.15) is 0 Å². The summed E-state index contributed by atoms with van der Waals surface area (Å²) in [5.41, 5.74) is 0. The van der Waals surface area contributed by atoms with E-state index in [9.17, 15) is 5.11 Å². The van der Waals surface area contributed by atoms with Gasteiger partial charge >= 0.3 is 0 Å². The highest BCUT2D eigenvalue weighted by Crippen LogP contribution is 2.26. The first kappa shape index (κ1) is 13.0. The van der Waals surface area contributed by atoms with E-state index in [-0.39, 0.29) is 6.10 Å². The van der Waals surface area contributed by atoms with Crippen LogP contribution >= 0.6 is 0 Å². The SMILES string of the molecule is CCC1CCC(NC(C)CC(C)O)CC1. The summed E-state index contributed by atoms with van der Waals surface area (Å²) in [5.74, 6) is 0.968. The number of hydrogen-bond donors (Lipinski definition) is 2. The van der Waals surface area contributed by atoms with Gasteiger partial charge in [-0.3, -0.25) is 0 Å². The van der Waals surface area contributed by atoms with E-state index in [1.54, 1.807) is 0 Å². The van der Waals surface area contributed by atoms with Crippen LogP contribution < -0.4 is 5.32 Å². The molecule has 0 heterocycles. The summed E-state index contributed by atoms with van der Waals surface area (Å²) in [5, 5.41) is 12.9. The minimum absolute atomic E-state index is 0.181. The number of rotatable bonds is 5. The minimum atomic E-state index is -0.181. The molecule has 15 heavy (non-hydrogen) atoms. The number of aliphatic hydroxyl groups excluding tert-OH is 1. The van der Waals surface area contributed by atoms with Crippen molar-refractivity contribution < 1.29 is 5.11 Å². The molecule has 2 unspecified atom stereocenters. The van der Waals surface area contributed by atoms with Gasteiger partial charge in [-0.25, -0.2) is 0 Å². The summed E-state index contributed by atoms with van der Waals surface area (Å²) >= 11 is 0. The van der Waals surface area contributed by atoms with E-state index in [0.717, 1.165) is 12.3 Å². The molecule has 1 fully saturated rings. The van der Waals surface area contributed by atoms with Crippen LogP contribution in [0.1, 0.15) is 59.3 Å². The molecule has 1 aliphatic carbocycles. The lowest BCUT2D eigenvalue weighted by Gasteiger charge is -2.31. The maximum atomic E-state index is 9.29. The maximum Gasteiger partial charge on any atom is 0.0526 e. The molecular weight excluding hydrogens is 186 g/mol. The van der Waals surface area contributed by atoms with E-state index in [0.29, 0.717) is 12.1 Å². The van der Waals surface area contributed by atoms with E-state index < -0.39 is 0 Å². The van der Waals surface area contributed by atoms with Gasteiger partial charge in [0.25, 0.3) is 0 Å². The Balaban J connectivity index is 2.17. The summed E-state index contributed by atoms with van der Waals surface area (Å²) in [6.07, 6.45) is 7.44. The van der Waals surface area contributed by atoms with Crippen molar-refractivity contribution in [3.63, 3.8) is 0 Å². The lowest BCUT2D eigenvalue weighted by atomic mass is 9.84. The first-order chi connectivity index (χ1) is 7.11. The Bertz CT molecular complexity index is 162. The largest absolute Gasteiger partial charge is 0.393 e. The van der Waals surface area contributed by atoms with E-state index >= 15 is 0 Å². The highest BCUT2D eigenvalue weighted by molar-refractivity contribution is 4.79. The van der Waals surface area contributed by atoms with Gasteiger partial charge in [0.2, 0.25) is 0 Å². The van der Waals surface area contributed by atoms with Crippen molar-refractivity contribution in [2.24, 2.45) is 5.92 Å². The smallest absolute Gasteiger partial charge is 0.0526 e. The summed E-state index contributed by atoms with van der Waals surface area (Å²) in [6.45, 7) is 6.35. The van der Waals surface area contributed by atoms with Gasteiger partial charge in [-0.05, 0) is 51.9 Å². The molecule has 0 aromatic rings. The predicted molar refractivity (Wildman–Crippen MR) is 64.9 cm³/mol. The molecule has 1 saturated carbocycles. The molecule has 0 aromatic heterocycles. The van der Waals surface area contributed by atoms with Crippen LogP contribution in [0.4, 0.5) is 0 Å². The van der Waals surface area contributed by atoms with Crippen molar-refractivity contribution in [2.45, 2.75) is 77.5 Å². The van der Waals surface area contributed by atoms with Crippen LogP contribution in [0.5, 0.6) is 0 Å². The number of aliphatic hydroxyl groups is 1. The topological polar surface area (TPSA) is 32.3 Å². The number of hydrogen-bond acceptors (Lipinski definition) is 2. The van der Waals surface area contributed by atoms with Crippen LogP contribution in [-0.4, -0.2) is 23.3 Å². The molecule has 2 N–H and O–H groups in total. The van der Waals surface area contributed by atoms with Crippen LogP contribution in [0.15, 0.2) is 0 Å². The molecule has 2 heteroatoms. The Morgan fingerprint density at radius 3 is 2.27 bits per heavy atom. The molecule has 0 saturated heterocycles. The molecule has 0 aliphatic heterocycles. The fraction of sp³-hybridized carbons (Fsp3) is 1.00. The molecule has 0 amide bonds. The Morgan fingerprint density at radius 2 is 1.80 bits per heavy atom. The maximum absolute atomic E-state index is 9.29. The van der Waals surface area contributed by atoms with Crippen LogP contribution in [0.3, 0.4) is 0 Å². The molecule has 2 nitrogen and oxygen atoms in total. The third-order valence-corrected chi connectivity index (χ3v) is 3.64. The van der Waals surface area contributed by atoms with Gasteiger partial charge in [0.05, 0.1) is 6.10 Å². The fourth-order valence-electron chi connectivity index (χ4n) is 2.72. The summed E-state index contributed by atoms with van der Waals surface area (Å²) in [6, 6.07) is 1.15. The van der Waals surface area contributed by atoms with Crippen molar-refractivity contribution in [1.29, 1.82) is 0 Å². The predicted octanol–water partition coefficient (Wildman–Crippen LogP) is 2.70. The Morgan fingerprint density at radius 1 is 1.20 bits per heavy atom. The molecule has 1 rings (SSSR count). The highest BCUT2D eigenvalue weighted by Gasteiger charge is 2.21. The molecule has 90 valence electrons. The van der Waals surface area contributed by atoms with Crippen LogP contribution in [0.25, 0.3) is 0 Å². The first-order valence-corrected chi connectivity index (χ1v) is 6.56. The van der Waals surface area contributed by atoms with Gasteiger partial charge in [-0.2, -0.15) is 0 Å². The van der Waals surface area contributed by atoms with Crippen LogP contribution in [-0.2, 0) is 0 Å². The van der Waals surface area contributed by atoms with Crippen molar-refractivity contribution in [1.82, 2.24) is 5.32 Å². The average Bonchev–Trinajstić information content (AvgIpc) is 2.17. The summed E-state index contributed by atoms with van der Waals surface area (Å²) in [7, 11) is 0. The first-order valence-electron chi connectivity index (χ1n) is 6.56. The second kappa shape index (κ2) is 6.49. The second-order valence-electron chi connectivity index (χ2n) is 5.28. The van der Waals surface area contributed by atoms with Crippen molar-refractivity contribution in [3.05, 3.63) is 0 Å². The van der Waals surface area contributed by atoms with E-state index in [1.807, 2.05) is 6.92 Å². The minimum Gasteiger partial charge on any atom is -0.393 e. The quantitative estimate of drug-likeness (QED) is 0.736. The summed E-state index contributed by atoms with van der Waals surface area (Å²) < 4.78 is 0. The van der Waals surface area contributed by atoms with Crippen molar-refractivity contribution in [3.8, 4) is 0 Å². The highest BCUT2D eigenvalue weighted by atomic mass is 16.3. The van der Waals surface area contributed by atoms with Gasteiger partial charge < -0.3 is 10.4 Å². The lowest BCUT2D eigenvalue weighted by molar-refractivity contribution is 0.163. The third kappa shape index (κ3) is 4.98. The molecule has 1 aliphatic rings. The van der Waals surface area contributed by atoms with E-state index in [2.05, 4.69) is 19.2 Å². The molecular formula is C13H27NO. The van der Waals surface area contributed by atoms with E-state index in [4.69, 9.17) is 0 Å². The van der Waals surface area contributed by atoms with Gasteiger partial charge in [0, 0.05) is 12.1 Å². The van der Waals surface area contributed by atoms with Gasteiger partial charge in [-0.1, -0.05) is 13.3 Å². The van der Waals surface area contributed by atoms with Gasteiger partial charge in [0.15, 0.2) is 0 Å². The zero-order chi connectivity index (χ0) is 11.3. The average molecular weight is 213 g/mol. The zero-order valence-corrected chi connectivity index (χ0v) is 10.5. The number of nitrogens with one attached hydrogen (secondary N) is 1. The van der Waals surface area contributed by atoms with Crippen LogP contribution in [0.2, 0.25) is 0 Å². The monoisotopic (exact) mass is 213 g/mol. The third-order valence-electron chi connectivity index (χ3n) is 3.64. The van der Waals surface area contributed by atoms with Crippen molar-refractivity contribution >= 4 is 0 Å².